The molecule has 0 spiro atoms. The Labute approximate surface area is 177 Å². The van der Waals surface area contributed by atoms with Gasteiger partial charge in [-0.1, -0.05) is 18.2 Å². The number of hydrogen-bond donors (Lipinski definition) is 0. The predicted molar refractivity (Wildman–Crippen MR) is 117 cm³/mol. The molecule has 0 saturated carbocycles. The highest BCUT2D eigenvalue weighted by Gasteiger charge is 2.23. The number of para-hydroxylation sites is 1. The Bertz CT molecular complexity index is 1370. The van der Waals surface area contributed by atoms with Crippen LogP contribution >= 0.6 is 11.3 Å². The lowest BCUT2D eigenvalue weighted by molar-refractivity contribution is 0.0598. The van der Waals surface area contributed by atoms with Gasteiger partial charge in [-0.25, -0.2) is 14.8 Å². The first kappa shape index (κ1) is 18.9. The molecule has 4 aromatic rings. The maximum atomic E-state index is 13.4. The van der Waals surface area contributed by atoms with Gasteiger partial charge in [-0.3, -0.25) is 9.36 Å². The summed E-state index contributed by atoms with van der Waals surface area (Å²) in [6, 6.07) is 7.67. The third-order valence-corrected chi connectivity index (χ3v) is 7.08. The van der Waals surface area contributed by atoms with E-state index in [1.54, 1.807) is 22.2 Å². The lowest BCUT2D eigenvalue weighted by Crippen LogP contribution is -2.24. The van der Waals surface area contributed by atoms with Gasteiger partial charge in [0.1, 0.15) is 4.83 Å². The van der Waals surface area contributed by atoms with Gasteiger partial charge in [0.25, 0.3) is 5.56 Å². The van der Waals surface area contributed by atoms with E-state index in [0.717, 1.165) is 57.9 Å². The van der Waals surface area contributed by atoms with Crippen molar-refractivity contribution in [3.05, 3.63) is 68.2 Å². The van der Waals surface area contributed by atoms with E-state index in [9.17, 15) is 9.59 Å². The summed E-state index contributed by atoms with van der Waals surface area (Å²) in [5.41, 5.74) is 3.61. The summed E-state index contributed by atoms with van der Waals surface area (Å²) in [6.07, 6.45) is 5.78. The molecule has 5 rings (SSSR count). The summed E-state index contributed by atoms with van der Waals surface area (Å²) < 4.78 is 6.59. The monoisotopic (exact) mass is 419 g/mol. The highest BCUT2D eigenvalue weighted by atomic mass is 32.1. The van der Waals surface area contributed by atoms with E-state index >= 15 is 0 Å². The van der Waals surface area contributed by atoms with E-state index in [2.05, 4.69) is 4.98 Å². The van der Waals surface area contributed by atoms with Crippen molar-refractivity contribution in [1.29, 1.82) is 0 Å². The molecule has 0 fully saturated rings. The van der Waals surface area contributed by atoms with Gasteiger partial charge in [0.05, 0.1) is 42.1 Å². The van der Waals surface area contributed by atoms with Gasteiger partial charge in [-0.05, 0) is 49.8 Å². The topological polar surface area (TPSA) is 74.1 Å². The van der Waals surface area contributed by atoms with E-state index in [1.165, 1.54) is 12.0 Å². The van der Waals surface area contributed by atoms with Crippen LogP contribution in [0.2, 0.25) is 0 Å². The van der Waals surface area contributed by atoms with Crippen LogP contribution in [-0.4, -0.2) is 27.6 Å². The fourth-order valence-corrected chi connectivity index (χ4v) is 5.60. The fraction of sp³-hybridized carbons (Fsp3) is 0.304. The molecule has 0 bridgehead atoms. The van der Waals surface area contributed by atoms with Crippen LogP contribution in [0.25, 0.3) is 21.1 Å². The van der Waals surface area contributed by atoms with Crippen LogP contribution in [0.3, 0.4) is 0 Å². The minimum absolute atomic E-state index is 0.0668. The lowest BCUT2D eigenvalue weighted by atomic mass is 9.97. The van der Waals surface area contributed by atoms with Gasteiger partial charge < -0.3 is 4.74 Å². The number of thiophene rings is 1. The van der Waals surface area contributed by atoms with Crippen LogP contribution in [0, 0.1) is 6.92 Å². The lowest BCUT2D eigenvalue weighted by Gasteiger charge is -2.14. The molecule has 0 aliphatic heterocycles. The molecule has 0 N–H and O–H groups in total. The molecule has 30 heavy (non-hydrogen) atoms. The number of fused-ring (bicyclic) bond motifs is 4. The van der Waals surface area contributed by atoms with Crippen LogP contribution in [0.4, 0.5) is 0 Å². The second kappa shape index (κ2) is 7.32. The minimum atomic E-state index is -0.448. The largest absolute Gasteiger partial charge is 0.465 e. The summed E-state index contributed by atoms with van der Waals surface area (Å²) in [5, 5.41) is 1.63. The maximum absolute atomic E-state index is 13.4. The van der Waals surface area contributed by atoms with Crippen LogP contribution in [0.15, 0.2) is 35.4 Å². The normalized spacial score (nSPS) is 13.5. The van der Waals surface area contributed by atoms with Crippen molar-refractivity contribution in [1.82, 2.24) is 14.5 Å². The zero-order valence-corrected chi connectivity index (χ0v) is 17.7. The quantitative estimate of drug-likeness (QED) is 0.469. The SMILES string of the molecule is COC(=O)c1c(Cn2cnc3sc4c(c3c2=O)CCCC4)nc2ccccc2c1C. The average molecular weight is 420 g/mol. The van der Waals surface area contributed by atoms with Gasteiger partial charge >= 0.3 is 5.97 Å². The van der Waals surface area contributed by atoms with E-state index < -0.39 is 5.97 Å². The third kappa shape index (κ3) is 2.92. The molecule has 0 radical (unpaired) electrons. The van der Waals surface area contributed by atoms with Crippen molar-refractivity contribution in [3.8, 4) is 0 Å². The Morgan fingerprint density at radius 2 is 2.03 bits per heavy atom. The van der Waals surface area contributed by atoms with Crippen molar-refractivity contribution in [3.63, 3.8) is 0 Å². The standard InChI is InChI=1S/C23H21N3O3S/c1-13-14-7-3-5-9-16(14)25-17(19(13)23(28)29-2)11-26-12-24-21-20(22(26)27)15-8-4-6-10-18(15)30-21/h3,5,7,9,12H,4,6,8,10-11H2,1-2H3. The van der Waals surface area contributed by atoms with E-state index in [1.807, 2.05) is 31.2 Å². The third-order valence-electron chi connectivity index (χ3n) is 5.88. The van der Waals surface area contributed by atoms with Crippen LogP contribution in [-0.2, 0) is 24.1 Å². The van der Waals surface area contributed by atoms with Crippen LogP contribution in [0.5, 0.6) is 0 Å². The molecule has 0 unspecified atom stereocenters. The summed E-state index contributed by atoms with van der Waals surface area (Å²) in [4.78, 5) is 37.3. The number of carbonyl (C=O) groups is 1. The number of pyridine rings is 1. The maximum Gasteiger partial charge on any atom is 0.340 e. The molecule has 6 nitrogen and oxygen atoms in total. The van der Waals surface area contributed by atoms with Crippen molar-refractivity contribution >= 4 is 38.4 Å². The molecule has 0 saturated heterocycles. The van der Waals surface area contributed by atoms with E-state index in [4.69, 9.17) is 9.72 Å². The van der Waals surface area contributed by atoms with Gasteiger partial charge in [-0.15, -0.1) is 11.3 Å². The van der Waals surface area contributed by atoms with Gasteiger partial charge in [0.15, 0.2) is 0 Å². The molecule has 3 heterocycles. The number of nitrogens with zero attached hydrogens (tertiary/aromatic N) is 3. The molecular weight excluding hydrogens is 398 g/mol. The van der Waals surface area contributed by atoms with Crippen molar-refractivity contribution in [2.45, 2.75) is 39.2 Å². The van der Waals surface area contributed by atoms with Crippen molar-refractivity contribution in [2.24, 2.45) is 0 Å². The first-order chi connectivity index (χ1) is 14.6. The summed E-state index contributed by atoms with van der Waals surface area (Å²) in [7, 11) is 1.36. The molecule has 3 aromatic heterocycles. The smallest absolute Gasteiger partial charge is 0.340 e. The highest BCUT2D eigenvalue weighted by Crippen LogP contribution is 2.33. The highest BCUT2D eigenvalue weighted by molar-refractivity contribution is 7.18. The molecule has 0 amide bonds. The molecule has 1 aromatic carbocycles. The Morgan fingerprint density at radius 1 is 1.23 bits per heavy atom. The minimum Gasteiger partial charge on any atom is -0.465 e. The number of aryl methyl sites for hydroxylation is 3. The Balaban J connectivity index is 1.69. The summed E-state index contributed by atoms with van der Waals surface area (Å²) >= 11 is 1.63. The molecular formula is C23H21N3O3S. The van der Waals surface area contributed by atoms with E-state index in [0.29, 0.717) is 11.3 Å². The molecule has 1 aliphatic carbocycles. The number of aromatic nitrogens is 3. The molecule has 0 atom stereocenters. The van der Waals surface area contributed by atoms with Gasteiger partial charge in [0.2, 0.25) is 0 Å². The first-order valence-electron chi connectivity index (χ1n) is 10.0. The fourth-order valence-electron chi connectivity index (χ4n) is 4.38. The second-order valence-corrected chi connectivity index (χ2v) is 8.72. The number of rotatable bonds is 3. The number of ether oxygens (including phenoxy) is 1. The second-order valence-electron chi connectivity index (χ2n) is 7.64. The van der Waals surface area contributed by atoms with E-state index in [-0.39, 0.29) is 12.1 Å². The Hall–Kier alpha value is -3.06. The van der Waals surface area contributed by atoms with Gasteiger partial charge in [-0.2, -0.15) is 0 Å². The Morgan fingerprint density at radius 3 is 2.87 bits per heavy atom. The molecule has 1 aliphatic rings. The van der Waals surface area contributed by atoms with Gasteiger partial charge in [0, 0.05) is 10.3 Å². The summed E-state index contributed by atoms with van der Waals surface area (Å²) in [5.74, 6) is -0.448. The number of benzene rings is 1. The zero-order valence-electron chi connectivity index (χ0n) is 16.9. The number of esters is 1. The Kier molecular flexibility index (Phi) is 4.62. The number of hydrogen-bond acceptors (Lipinski definition) is 6. The predicted octanol–water partition coefficient (Wildman–Crippen LogP) is 4.03. The van der Waals surface area contributed by atoms with Crippen molar-refractivity contribution in [2.75, 3.05) is 7.11 Å². The molecule has 7 heteroatoms. The average Bonchev–Trinajstić information content (AvgIpc) is 3.15. The molecule has 152 valence electrons. The zero-order chi connectivity index (χ0) is 20.8. The van der Waals surface area contributed by atoms with Crippen LogP contribution in [0.1, 0.15) is 44.9 Å². The first-order valence-corrected chi connectivity index (χ1v) is 10.9. The summed E-state index contributed by atoms with van der Waals surface area (Å²) in [6.45, 7) is 2.06. The van der Waals surface area contributed by atoms with Crippen molar-refractivity contribution < 1.29 is 9.53 Å². The van der Waals surface area contributed by atoms with Crippen LogP contribution < -0.4 is 5.56 Å². The number of methoxy groups -OCH3 is 1. The number of carbonyl (C=O) groups excluding carboxylic acids is 1.